The van der Waals surface area contributed by atoms with E-state index in [4.69, 9.17) is 9.84 Å². The average Bonchev–Trinajstić information content (AvgIpc) is 2.61. The van der Waals surface area contributed by atoms with Crippen molar-refractivity contribution in [2.75, 3.05) is 7.11 Å². The summed E-state index contributed by atoms with van der Waals surface area (Å²) in [7, 11) is 1.54. The summed E-state index contributed by atoms with van der Waals surface area (Å²) in [5.41, 5.74) is 0.623. The number of H-pyrrole nitrogens is 1. The van der Waals surface area contributed by atoms with E-state index < -0.39 is 5.97 Å². The molecule has 1 aromatic carbocycles. The molecule has 0 spiro atoms. The number of aromatic amines is 1. The maximum absolute atomic E-state index is 10.8. The van der Waals surface area contributed by atoms with Gasteiger partial charge in [0.1, 0.15) is 5.75 Å². The minimum atomic E-state index is -1.06. The number of aromatic carboxylic acids is 1. The third kappa shape index (κ3) is 1.56. The van der Waals surface area contributed by atoms with Gasteiger partial charge >= 0.3 is 5.97 Å². The predicted octanol–water partition coefficient (Wildman–Crippen LogP) is 2.03. The van der Waals surface area contributed by atoms with Gasteiger partial charge in [-0.3, -0.25) is 5.10 Å². The fourth-order valence-electron chi connectivity index (χ4n) is 1.36. The molecule has 0 radical (unpaired) electrons. The summed E-state index contributed by atoms with van der Waals surface area (Å²) < 4.78 is 5.69. The van der Waals surface area contributed by atoms with E-state index in [1.54, 1.807) is 19.2 Å². The second-order valence-electron chi connectivity index (χ2n) is 2.91. The van der Waals surface area contributed by atoms with Gasteiger partial charge in [-0.1, -0.05) is 0 Å². The molecule has 0 aliphatic rings. The van der Waals surface area contributed by atoms with E-state index in [2.05, 4.69) is 26.1 Å². The third-order valence-electron chi connectivity index (χ3n) is 2.03. The Morgan fingerprint density at radius 2 is 2.33 bits per heavy atom. The van der Waals surface area contributed by atoms with Gasteiger partial charge in [0, 0.05) is 15.9 Å². The number of carboxylic acids is 1. The van der Waals surface area contributed by atoms with Crippen LogP contribution in [-0.2, 0) is 0 Å². The number of nitrogens with one attached hydrogen (secondary N) is 1. The summed E-state index contributed by atoms with van der Waals surface area (Å²) in [6.45, 7) is 0. The fraction of sp³-hybridized carbons (Fsp3) is 0.111. The fourth-order valence-corrected chi connectivity index (χ4v) is 1.98. The summed E-state index contributed by atoms with van der Waals surface area (Å²) in [5.74, 6) is -0.429. The van der Waals surface area contributed by atoms with Crippen LogP contribution in [0.3, 0.4) is 0 Å². The van der Waals surface area contributed by atoms with Crippen LogP contribution in [0.1, 0.15) is 10.5 Å². The Morgan fingerprint density at radius 1 is 1.60 bits per heavy atom. The number of benzene rings is 1. The maximum Gasteiger partial charge on any atom is 0.357 e. The van der Waals surface area contributed by atoms with Crippen LogP contribution in [0.15, 0.2) is 16.6 Å². The highest BCUT2D eigenvalue weighted by atomic mass is 79.9. The van der Waals surface area contributed by atoms with Crippen LogP contribution in [0.4, 0.5) is 0 Å². The molecule has 78 valence electrons. The van der Waals surface area contributed by atoms with E-state index >= 15 is 0 Å². The van der Waals surface area contributed by atoms with Gasteiger partial charge in [0.2, 0.25) is 0 Å². The zero-order valence-corrected chi connectivity index (χ0v) is 9.33. The molecule has 0 saturated heterocycles. The first-order valence-corrected chi connectivity index (χ1v) is 4.87. The Kier molecular flexibility index (Phi) is 2.36. The number of hydrogen-bond donors (Lipinski definition) is 2. The molecule has 0 aliphatic heterocycles. The number of halogens is 1. The highest BCUT2D eigenvalue weighted by Gasteiger charge is 2.16. The lowest BCUT2D eigenvalue weighted by Crippen LogP contribution is -1.97. The van der Waals surface area contributed by atoms with Crippen LogP contribution < -0.4 is 4.74 Å². The zero-order valence-electron chi connectivity index (χ0n) is 7.74. The molecule has 6 heteroatoms. The van der Waals surface area contributed by atoms with Crippen LogP contribution in [-0.4, -0.2) is 28.4 Å². The molecule has 0 saturated carbocycles. The molecule has 0 aliphatic carbocycles. The van der Waals surface area contributed by atoms with Crippen molar-refractivity contribution in [3.63, 3.8) is 0 Å². The van der Waals surface area contributed by atoms with Gasteiger partial charge in [-0.15, -0.1) is 0 Å². The van der Waals surface area contributed by atoms with Crippen LogP contribution in [0.25, 0.3) is 10.9 Å². The van der Waals surface area contributed by atoms with Gasteiger partial charge in [0.25, 0.3) is 0 Å². The van der Waals surface area contributed by atoms with Gasteiger partial charge in [0.05, 0.1) is 12.6 Å². The molecule has 0 atom stereocenters. The average molecular weight is 271 g/mol. The molecule has 0 amide bonds. The van der Waals surface area contributed by atoms with Crippen molar-refractivity contribution in [2.45, 2.75) is 0 Å². The van der Waals surface area contributed by atoms with Crippen molar-refractivity contribution in [3.8, 4) is 5.75 Å². The molecule has 1 heterocycles. The van der Waals surface area contributed by atoms with Crippen molar-refractivity contribution in [1.29, 1.82) is 0 Å². The Balaban J connectivity index is 2.77. The molecular weight excluding hydrogens is 264 g/mol. The van der Waals surface area contributed by atoms with Crippen LogP contribution in [0.5, 0.6) is 5.75 Å². The number of methoxy groups -OCH3 is 1. The molecule has 15 heavy (non-hydrogen) atoms. The van der Waals surface area contributed by atoms with Crippen LogP contribution >= 0.6 is 15.9 Å². The molecule has 1 aromatic heterocycles. The summed E-state index contributed by atoms with van der Waals surface area (Å²) in [4.78, 5) is 10.8. The minimum Gasteiger partial charge on any atom is -0.497 e. The molecule has 0 unspecified atom stereocenters. The molecule has 0 bridgehead atoms. The first-order valence-electron chi connectivity index (χ1n) is 4.08. The van der Waals surface area contributed by atoms with Gasteiger partial charge < -0.3 is 9.84 Å². The molecule has 2 aromatic rings. The molecule has 0 fully saturated rings. The lowest BCUT2D eigenvalue weighted by atomic mass is 10.2. The lowest BCUT2D eigenvalue weighted by Gasteiger charge is -2.01. The molecule has 5 nitrogen and oxygen atoms in total. The molecule has 2 N–H and O–H groups in total. The van der Waals surface area contributed by atoms with E-state index in [0.29, 0.717) is 21.1 Å². The first-order chi connectivity index (χ1) is 7.13. The van der Waals surface area contributed by atoms with E-state index in [1.807, 2.05) is 0 Å². The number of aromatic nitrogens is 2. The number of carboxylic acid groups (broad SMARTS) is 1. The van der Waals surface area contributed by atoms with E-state index in [1.165, 1.54) is 0 Å². The highest BCUT2D eigenvalue weighted by molar-refractivity contribution is 9.10. The van der Waals surface area contributed by atoms with Gasteiger partial charge in [-0.2, -0.15) is 5.10 Å². The summed E-state index contributed by atoms with van der Waals surface area (Å²) >= 11 is 3.28. The zero-order chi connectivity index (χ0) is 11.0. The lowest BCUT2D eigenvalue weighted by molar-refractivity contribution is 0.0692. The summed E-state index contributed by atoms with van der Waals surface area (Å²) in [6, 6.07) is 3.39. The number of nitrogens with zero attached hydrogens (tertiary/aromatic N) is 1. The summed E-state index contributed by atoms with van der Waals surface area (Å²) in [5, 5.41) is 15.8. The Bertz CT molecular complexity index is 535. The maximum atomic E-state index is 10.8. The Labute approximate surface area is 93.2 Å². The summed E-state index contributed by atoms with van der Waals surface area (Å²) in [6.07, 6.45) is 0. The van der Waals surface area contributed by atoms with Crippen molar-refractivity contribution >= 4 is 32.8 Å². The number of ether oxygens (including phenoxy) is 1. The standard InChI is InChI=1S/C9H7BrN2O3/c1-15-4-2-5(10)7-6(3-4)11-12-8(7)9(13)14/h2-3H,1H3,(H,11,12)(H,13,14). The van der Waals surface area contributed by atoms with Gasteiger partial charge in [0.15, 0.2) is 5.69 Å². The van der Waals surface area contributed by atoms with Crippen molar-refractivity contribution in [3.05, 3.63) is 22.3 Å². The largest absolute Gasteiger partial charge is 0.497 e. The number of rotatable bonds is 2. The predicted molar refractivity (Wildman–Crippen MR) is 57.3 cm³/mol. The topological polar surface area (TPSA) is 75.2 Å². The van der Waals surface area contributed by atoms with Crippen molar-refractivity contribution in [1.82, 2.24) is 10.2 Å². The normalized spacial score (nSPS) is 10.5. The smallest absolute Gasteiger partial charge is 0.357 e. The van der Waals surface area contributed by atoms with E-state index in [0.717, 1.165) is 0 Å². The highest BCUT2D eigenvalue weighted by Crippen LogP contribution is 2.30. The molecule has 2 rings (SSSR count). The van der Waals surface area contributed by atoms with Gasteiger partial charge in [-0.05, 0) is 22.0 Å². The van der Waals surface area contributed by atoms with Crippen molar-refractivity contribution < 1.29 is 14.6 Å². The second-order valence-corrected chi connectivity index (χ2v) is 3.76. The van der Waals surface area contributed by atoms with Crippen molar-refractivity contribution in [2.24, 2.45) is 0 Å². The number of fused-ring (bicyclic) bond motifs is 1. The second kappa shape index (κ2) is 3.54. The Morgan fingerprint density at radius 3 is 2.93 bits per heavy atom. The third-order valence-corrected chi connectivity index (χ3v) is 2.65. The SMILES string of the molecule is COc1cc(Br)c2c(C(=O)O)n[nH]c2c1. The quantitative estimate of drug-likeness (QED) is 0.876. The van der Waals surface area contributed by atoms with Gasteiger partial charge in [-0.25, -0.2) is 4.79 Å². The van der Waals surface area contributed by atoms with Crippen LogP contribution in [0.2, 0.25) is 0 Å². The monoisotopic (exact) mass is 270 g/mol. The number of hydrogen-bond acceptors (Lipinski definition) is 3. The first kappa shape index (κ1) is 9.97. The Hall–Kier alpha value is -1.56. The van der Waals surface area contributed by atoms with E-state index in [-0.39, 0.29) is 5.69 Å². The number of carbonyl (C=O) groups is 1. The van der Waals surface area contributed by atoms with E-state index in [9.17, 15) is 4.79 Å². The molecular formula is C9H7BrN2O3. The van der Waals surface area contributed by atoms with Crippen LogP contribution in [0, 0.1) is 0 Å². The minimum absolute atomic E-state index is 0.000437.